The Bertz CT molecular complexity index is 491. The molecular weight excluding hydrogens is 208 g/mol. The first kappa shape index (κ1) is 10.4. The first-order chi connectivity index (χ1) is 8.25. The summed E-state index contributed by atoms with van der Waals surface area (Å²) in [4.78, 5) is 0. The van der Waals surface area contributed by atoms with E-state index in [0.717, 1.165) is 18.6 Å². The van der Waals surface area contributed by atoms with Crippen molar-refractivity contribution in [1.82, 2.24) is 0 Å². The highest BCUT2D eigenvalue weighted by atomic mass is 16.5. The number of benzene rings is 2. The Kier molecular flexibility index (Phi) is 2.40. The summed E-state index contributed by atoms with van der Waals surface area (Å²) in [5, 5.41) is 0. The molecule has 1 atom stereocenters. The van der Waals surface area contributed by atoms with E-state index in [1.54, 1.807) is 0 Å². The van der Waals surface area contributed by atoms with E-state index in [-0.39, 0.29) is 5.60 Å². The molecule has 1 aliphatic heterocycles. The second-order valence-electron chi connectivity index (χ2n) is 5.00. The third-order valence-electron chi connectivity index (χ3n) is 3.31. The fourth-order valence-corrected chi connectivity index (χ4v) is 2.58. The van der Waals surface area contributed by atoms with E-state index in [9.17, 15) is 0 Å². The van der Waals surface area contributed by atoms with Gasteiger partial charge in [0.15, 0.2) is 0 Å². The van der Waals surface area contributed by atoms with Crippen LogP contribution in [0.15, 0.2) is 54.6 Å². The van der Waals surface area contributed by atoms with E-state index in [2.05, 4.69) is 55.5 Å². The van der Waals surface area contributed by atoms with Gasteiger partial charge in [-0.25, -0.2) is 0 Å². The van der Waals surface area contributed by atoms with Crippen LogP contribution in [0.4, 0.5) is 0 Å². The number of rotatable bonds is 2. The molecule has 1 heteroatoms. The van der Waals surface area contributed by atoms with Crippen molar-refractivity contribution in [3.8, 4) is 5.75 Å². The molecule has 86 valence electrons. The Morgan fingerprint density at radius 1 is 1.00 bits per heavy atom. The fraction of sp³-hybridized carbons (Fsp3) is 0.250. The van der Waals surface area contributed by atoms with Crippen LogP contribution in [0.2, 0.25) is 0 Å². The van der Waals surface area contributed by atoms with E-state index >= 15 is 0 Å². The smallest absolute Gasteiger partial charge is 0.123 e. The monoisotopic (exact) mass is 224 g/mol. The van der Waals surface area contributed by atoms with Crippen molar-refractivity contribution in [3.05, 3.63) is 65.7 Å². The number of para-hydroxylation sites is 1. The van der Waals surface area contributed by atoms with Crippen molar-refractivity contribution in [2.45, 2.75) is 25.4 Å². The Morgan fingerprint density at radius 3 is 2.47 bits per heavy atom. The van der Waals surface area contributed by atoms with Crippen LogP contribution in [-0.2, 0) is 12.8 Å². The molecule has 17 heavy (non-hydrogen) atoms. The van der Waals surface area contributed by atoms with Gasteiger partial charge in [-0.05, 0) is 24.1 Å². The van der Waals surface area contributed by atoms with Crippen LogP contribution < -0.4 is 4.74 Å². The first-order valence-corrected chi connectivity index (χ1v) is 6.06. The van der Waals surface area contributed by atoms with Crippen molar-refractivity contribution in [2.24, 2.45) is 0 Å². The summed E-state index contributed by atoms with van der Waals surface area (Å²) in [5.74, 6) is 1.05. The zero-order valence-electron chi connectivity index (χ0n) is 10.0. The van der Waals surface area contributed by atoms with Crippen molar-refractivity contribution >= 4 is 0 Å². The predicted octanol–water partition coefficient (Wildman–Crippen LogP) is 3.62. The lowest BCUT2D eigenvalue weighted by atomic mass is 9.92. The summed E-state index contributed by atoms with van der Waals surface area (Å²) in [6.45, 7) is 2.19. The lowest BCUT2D eigenvalue weighted by Crippen LogP contribution is -2.32. The maximum atomic E-state index is 6.10. The van der Waals surface area contributed by atoms with Gasteiger partial charge in [0, 0.05) is 12.8 Å². The molecule has 0 fully saturated rings. The minimum Gasteiger partial charge on any atom is -0.487 e. The normalized spacial score (nSPS) is 21.9. The fourth-order valence-electron chi connectivity index (χ4n) is 2.58. The van der Waals surface area contributed by atoms with Crippen LogP contribution in [0.3, 0.4) is 0 Å². The maximum absolute atomic E-state index is 6.10. The molecule has 2 aromatic carbocycles. The molecule has 2 aromatic rings. The van der Waals surface area contributed by atoms with Gasteiger partial charge >= 0.3 is 0 Å². The Morgan fingerprint density at radius 2 is 1.71 bits per heavy atom. The van der Waals surface area contributed by atoms with E-state index in [1.165, 1.54) is 11.1 Å². The third-order valence-corrected chi connectivity index (χ3v) is 3.31. The van der Waals surface area contributed by atoms with Gasteiger partial charge in [0.25, 0.3) is 0 Å². The summed E-state index contributed by atoms with van der Waals surface area (Å²) in [7, 11) is 0. The highest BCUT2D eigenvalue weighted by Gasteiger charge is 2.34. The minimum absolute atomic E-state index is 0.0922. The molecule has 0 radical (unpaired) electrons. The SMILES string of the molecule is CC1(Cc2ccccc2)Cc2ccccc2O1. The maximum Gasteiger partial charge on any atom is 0.123 e. The molecule has 0 saturated heterocycles. The zero-order valence-corrected chi connectivity index (χ0v) is 10.0. The molecule has 0 amide bonds. The topological polar surface area (TPSA) is 9.23 Å². The molecule has 0 aromatic heterocycles. The lowest BCUT2D eigenvalue weighted by molar-refractivity contribution is 0.116. The van der Waals surface area contributed by atoms with Gasteiger partial charge in [-0.15, -0.1) is 0 Å². The van der Waals surface area contributed by atoms with Gasteiger partial charge in [0.2, 0.25) is 0 Å². The molecule has 1 unspecified atom stereocenters. The van der Waals surface area contributed by atoms with Crippen LogP contribution in [0.25, 0.3) is 0 Å². The highest BCUT2D eigenvalue weighted by molar-refractivity contribution is 5.39. The van der Waals surface area contributed by atoms with E-state index < -0.39 is 0 Å². The van der Waals surface area contributed by atoms with Crippen molar-refractivity contribution in [2.75, 3.05) is 0 Å². The van der Waals surface area contributed by atoms with Gasteiger partial charge in [-0.2, -0.15) is 0 Å². The largest absolute Gasteiger partial charge is 0.487 e. The summed E-state index contributed by atoms with van der Waals surface area (Å²) in [6.07, 6.45) is 1.96. The average molecular weight is 224 g/mol. The molecule has 0 bridgehead atoms. The molecule has 0 spiro atoms. The molecule has 0 N–H and O–H groups in total. The van der Waals surface area contributed by atoms with Crippen LogP contribution in [-0.4, -0.2) is 5.60 Å². The predicted molar refractivity (Wildman–Crippen MR) is 69.3 cm³/mol. The summed E-state index contributed by atoms with van der Waals surface area (Å²) >= 11 is 0. The quantitative estimate of drug-likeness (QED) is 0.757. The summed E-state index contributed by atoms with van der Waals surface area (Å²) < 4.78 is 6.10. The minimum atomic E-state index is -0.0922. The van der Waals surface area contributed by atoms with Crippen LogP contribution >= 0.6 is 0 Å². The van der Waals surface area contributed by atoms with Crippen LogP contribution in [0.5, 0.6) is 5.75 Å². The lowest BCUT2D eigenvalue weighted by Gasteiger charge is -2.24. The van der Waals surface area contributed by atoms with Crippen molar-refractivity contribution in [3.63, 3.8) is 0 Å². The molecule has 1 aliphatic rings. The van der Waals surface area contributed by atoms with Crippen molar-refractivity contribution < 1.29 is 4.74 Å². The molecular formula is C16H16O. The van der Waals surface area contributed by atoms with Gasteiger partial charge in [0.05, 0.1) is 0 Å². The van der Waals surface area contributed by atoms with Gasteiger partial charge < -0.3 is 4.74 Å². The molecule has 0 aliphatic carbocycles. The third kappa shape index (κ3) is 2.05. The van der Waals surface area contributed by atoms with Gasteiger partial charge in [0.1, 0.15) is 11.4 Å². The average Bonchev–Trinajstić information content (AvgIpc) is 2.66. The molecule has 0 saturated carbocycles. The number of ether oxygens (including phenoxy) is 1. The van der Waals surface area contributed by atoms with E-state index in [4.69, 9.17) is 4.74 Å². The standard InChI is InChI=1S/C16H16O/c1-16(11-13-7-3-2-4-8-13)12-14-9-5-6-10-15(14)17-16/h2-10H,11-12H2,1H3. The number of fused-ring (bicyclic) bond motifs is 1. The molecule has 1 heterocycles. The van der Waals surface area contributed by atoms with Gasteiger partial charge in [-0.1, -0.05) is 48.5 Å². The molecule has 1 nitrogen and oxygen atoms in total. The van der Waals surface area contributed by atoms with E-state index in [0.29, 0.717) is 0 Å². The van der Waals surface area contributed by atoms with Crippen LogP contribution in [0, 0.1) is 0 Å². The second kappa shape index (κ2) is 3.92. The first-order valence-electron chi connectivity index (χ1n) is 6.06. The van der Waals surface area contributed by atoms with Gasteiger partial charge in [-0.3, -0.25) is 0 Å². The number of hydrogen-bond acceptors (Lipinski definition) is 1. The Hall–Kier alpha value is -1.76. The summed E-state index contributed by atoms with van der Waals surface area (Å²) in [6, 6.07) is 18.9. The van der Waals surface area contributed by atoms with E-state index in [1.807, 2.05) is 6.07 Å². The highest BCUT2D eigenvalue weighted by Crippen LogP contribution is 2.36. The second-order valence-corrected chi connectivity index (χ2v) is 5.00. The molecule has 3 rings (SSSR count). The van der Waals surface area contributed by atoms with Crippen LogP contribution in [0.1, 0.15) is 18.1 Å². The number of hydrogen-bond donors (Lipinski definition) is 0. The summed E-state index contributed by atoms with van der Waals surface area (Å²) in [5.41, 5.74) is 2.57. The Balaban J connectivity index is 1.82. The Labute approximate surface area is 102 Å². The van der Waals surface area contributed by atoms with Crippen molar-refractivity contribution in [1.29, 1.82) is 0 Å². The zero-order chi connectivity index (χ0) is 11.7.